The largest absolute Gasteiger partial charge is 0.496 e. The van der Waals surface area contributed by atoms with E-state index in [4.69, 9.17) is 9.47 Å². The van der Waals surface area contributed by atoms with Crippen molar-refractivity contribution in [3.8, 4) is 11.5 Å². The van der Waals surface area contributed by atoms with E-state index in [0.717, 1.165) is 37.8 Å². The molecule has 3 aliphatic rings. The summed E-state index contributed by atoms with van der Waals surface area (Å²) in [6, 6.07) is 2.25. The van der Waals surface area contributed by atoms with Gasteiger partial charge in [0.05, 0.1) is 24.7 Å². The number of anilines is 1. The SMILES string of the molecule is COc1cc(F)c(O[C@H]2CC[C@@H](C)CC2)cc1C(=O)N[C@H]1[C@@H](C(=O)Nc2ccc(F)c(S(F)(F)(F)(F)F)c2)[C@@H]2C=C[C@H]1C2. The van der Waals surface area contributed by atoms with E-state index in [1.54, 1.807) is 12.2 Å². The van der Waals surface area contributed by atoms with Gasteiger partial charge in [0.25, 0.3) is 5.91 Å². The normalized spacial score (nSPS) is 28.1. The molecule has 0 aliphatic heterocycles. The number of halogens is 7. The minimum absolute atomic E-state index is 0.0481. The Bertz CT molecular complexity index is 1480. The first kappa shape index (κ1) is 31.0. The molecule has 43 heavy (non-hydrogen) atoms. The van der Waals surface area contributed by atoms with E-state index >= 15 is 0 Å². The second-order valence-corrected chi connectivity index (χ2v) is 13.9. The van der Waals surface area contributed by atoms with Gasteiger partial charge in [-0.1, -0.05) is 38.5 Å². The summed E-state index contributed by atoms with van der Waals surface area (Å²) in [6.45, 7) is 2.13. The van der Waals surface area contributed by atoms with Crippen LogP contribution >= 0.6 is 10.2 Å². The summed E-state index contributed by atoms with van der Waals surface area (Å²) in [5.41, 5.74) is -0.723. The van der Waals surface area contributed by atoms with Gasteiger partial charge < -0.3 is 20.1 Å². The van der Waals surface area contributed by atoms with E-state index in [1.165, 1.54) is 13.2 Å². The second-order valence-electron chi connectivity index (χ2n) is 11.6. The van der Waals surface area contributed by atoms with Crippen molar-refractivity contribution in [3.63, 3.8) is 0 Å². The molecule has 236 valence electrons. The predicted molar refractivity (Wildman–Crippen MR) is 147 cm³/mol. The Kier molecular flexibility index (Phi) is 7.46. The van der Waals surface area contributed by atoms with Crippen LogP contribution in [0.1, 0.15) is 49.4 Å². The summed E-state index contributed by atoms with van der Waals surface area (Å²) in [5, 5.41) is 4.94. The highest BCUT2D eigenvalue weighted by Crippen LogP contribution is 3.02. The molecule has 2 amide bonds. The molecule has 2 N–H and O–H groups in total. The zero-order valence-electron chi connectivity index (χ0n) is 23.2. The molecule has 0 unspecified atom stereocenters. The van der Waals surface area contributed by atoms with Crippen LogP contribution in [0.15, 0.2) is 47.4 Å². The average Bonchev–Trinajstić information content (AvgIpc) is 3.52. The number of nitrogens with one attached hydrogen (secondary N) is 2. The van der Waals surface area contributed by atoms with Crippen LogP contribution in [0.5, 0.6) is 11.5 Å². The molecule has 2 saturated carbocycles. The highest BCUT2D eigenvalue weighted by atomic mass is 32.5. The molecule has 0 spiro atoms. The Morgan fingerprint density at radius 3 is 2.21 bits per heavy atom. The van der Waals surface area contributed by atoms with Crippen molar-refractivity contribution < 1.29 is 47.3 Å². The number of carbonyl (C=O) groups is 2. The van der Waals surface area contributed by atoms with Crippen LogP contribution < -0.4 is 20.1 Å². The van der Waals surface area contributed by atoms with Gasteiger partial charge in [0, 0.05) is 17.8 Å². The van der Waals surface area contributed by atoms with Gasteiger partial charge in [-0.3, -0.25) is 9.59 Å². The lowest BCUT2D eigenvalue weighted by atomic mass is 9.87. The standard InChI is InChI=1S/C29H31F7N2O4S/c1-15-3-8-19(9-4-15)42-24-13-20(23(41-2)14-22(24)31)28(39)38-27-17-6-5-16(11-17)26(27)29(40)37-18-7-10-21(30)25(12-18)43(32,33,34,35)36/h5-7,10,12-17,19,26-27H,3-4,8-9,11H2,1-2H3,(H,37,40)(H,38,39)/t15-,16-,17+,19+,26+,27-/m1/s1. The molecule has 0 radical (unpaired) electrons. The van der Waals surface area contributed by atoms with Crippen LogP contribution in [-0.2, 0) is 4.79 Å². The van der Waals surface area contributed by atoms with Gasteiger partial charge >= 0.3 is 10.2 Å². The van der Waals surface area contributed by atoms with Crippen molar-refractivity contribution in [1.29, 1.82) is 0 Å². The minimum atomic E-state index is -10.4. The van der Waals surface area contributed by atoms with E-state index in [0.29, 0.717) is 12.3 Å². The summed E-state index contributed by atoms with van der Waals surface area (Å²) < 4.78 is 106. The molecular formula is C29H31F7N2O4S. The lowest BCUT2D eigenvalue weighted by molar-refractivity contribution is -0.121. The van der Waals surface area contributed by atoms with E-state index < -0.39 is 62.1 Å². The number of fused-ring (bicyclic) bond motifs is 2. The molecule has 2 aromatic rings. The lowest BCUT2D eigenvalue weighted by Crippen LogP contribution is -2.47. The van der Waals surface area contributed by atoms with Gasteiger partial charge in [0.15, 0.2) is 11.6 Å². The quantitative estimate of drug-likeness (QED) is 0.227. The third kappa shape index (κ3) is 6.58. The van der Waals surface area contributed by atoms with Crippen molar-refractivity contribution >= 4 is 27.7 Å². The molecule has 14 heteroatoms. The van der Waals surface area contributed by atoms with E-state index in [1.807, 2.05) is 0 Å². The Morgan fingerprint density at radius 1 is 0.884 bits per heavy atom. The molecule has 3 aliphatic carbocycles. The van der Waals surface area contributed by atoms with Crippen LogP contribution in [0.2, 0.25) is 0 Å². The molecule has 4 atom stereocenters. The van der Waals surface area contributed by atoms with Crippen molar-refractivity contribution in [1.82, 2.24) is 5.32 Å². The maximum Gasteiger partial charge on any atom is 0.313 e. The van der Waals surface area contributed by atoms with Crippen LogP contribution in [0.25, 0.3) is 0 Å². The van der Waals surface area contributed by atoms with Gasteiger partial charge in [-0.05, 0) is 74.1 Å². The molecule has 5 rings (SSSR count). The highest BCUT2D eigenvalue weighted by Gasteiger charge is 2.67. The molecular weight excluding hydrogens is 605 g/mol. The lowest BCUT2D eigenvalue weighted by Gasteiger charge is -2.40. The first-order valence-corrected chi connectivity index (χ1v) is 15.8. The Morgan fingerprint density at radius 2 is 1.56 bits per heavy atom. The number of methoxy groups -OCH3 is 1. The molecule has 6 nitrogen and oxygen atoms in total. The summed E-state index contributed by atoms with van der Waals surface area (Å²) in [7, 11) is -9.12. The fourth-order valence-corrected chi connectivity index (χ4v) is 6.99. The zero-order chi connectivity index (χ0) is 31.4. The maximum atomic E-state index is 14.9. The van der Waals surface area contributed by atoms with E-state index in [9.17, 15) is 37.8 Å². The van der Waals surface area contributed by atoms with Gasteiger partial charge in [0.2, 0.25) is 5.91 Å². The topological polar surface area (TPSA) is 76.7 Å². The second kappa shape index (κ2) is 10.3. The molecule has 2 aromatic carbocycles. The number of carbonyl (C=O) groups excluding carboxylic acids is 2. The molecule has 0 aromatic heterocycles. The predicted octanol–water partition coefficient (Wildman–Crippen LogP) is 8.15. The molecule has 0 heterocycles. The summed E-state index contributed by atoms with van der Waals surface area (Å²) in [4.78, 5) is 24.0. The molecule has 0 saturated heterocycles. The Balaban J connectivity index is 1.36. The number of allylic oxidation sites excluding steroid dienone is 1. The van der Waals surface area contributed by atoms with Crippen LogP contribution in [0.3, 0.4) is 0 Å². The van der Waals surface area contributed by atoms with E-state index in [2.05, 4.69) is 17.6 Å². The summed E-state index contributed by atoms with van der Waals surface area (Å²) in [6.07, 6.45) is 7.08. The summed E-state index contributed by atoms with van der Waals surface area (Å²) >= 11 is 0. The zero-order valence-corrected chi connectivity index (χ0v) is 24.0. The number of amides is 2. The third-order valence-electron chi connectivity index (χ3n) is 8.43. The van der Waals surface area contributed by atoms with Crippen molar-refractivity contribution in [2.24, 2.45) is 23.7 Å². The van der Waals surface area contributed by atoms with Crippen LogP contribution in [-0.4, -0.2) is 31.1 Å². The molecule has 2 bridgehead atoms. The van der Waals surface area contributed by atoms with Crippen molar-refractivity contribution in [2.45, 2.75) is 56.1 Å². The first-order chi connectivity index (χ1) is 19.9. The molecule has 2 fully saturated rings. The fraction of sp³-hybridized carbons (Fsp3) is 0.448. The van der Waals surface area contributed by atoms with Crippen molar-refractivity contribution in [3.05, 3.63) is 59.7 Å². The van der Waals surface area contributed by atoms with Gasteiger partial charge in [0.1, 0.15) is 16.5 Å². The van der Waals surface area contributed by atoms with Crippen LogP contribution in [0, 0.1) is 35.3 Å². The van der Waals surface area contributed by atoms with Gasteiger partial charge in [-0.25, -0.2) is 8.78 Å². The first-order valence-electron chi connectivity index (χ1n) is 13.8. The minimum Gasteiger partial charge on any atom is -0.496 e. The number of hydrogen-bond donors (Lipinski definition) is 2. The van der Waals surface area contributed by atoms with Gasteiger partial charge in [-0.2, -0.15) is 0 Å². The number of hydrogen-bond acceptors (Lipinski definition) is 4. The van der Waals surface area contributed by atoms with Crippen LogP contribution in [0.4, 0.5) is 33.9 Å². The number of benzene rings is 2. The fourth-order valence-electron chi connectivity index (χ4n) is 6.21. The highest BCUT2D eigenvalue weighted by molar-refractivity contribution is 8.45. The average molecular weight is 637 g/mol. The monoisotopic (exact) mass is 636 g/mol. The number of ether oxygens (including phenoxy) is 2. The van der Waals surface area contributed by atoms with Crippen molar-refractivity contribution in [2.75, 3.05) is 12.4 Å². The van der Waals surface area contributed by atoms with Gasteiger partial charge in [-0.15, -0.1) is 0 Å². The van der Waals surface area contributed by atoms with E-state index in [-0.39, 0.29) is 41.2 Å². The smallest absolute Gasteiger partial charge is 0.313 e. The number of rotatable bonds is 8. The Hall–Kier alpha value is -3.42. The third-order valence-corrected chi connectivity index (χ3v) is 9.57. The Labute approximate surface area is 243 Å². The maximum absolute atomic E-state index is 14.9. The summed E-state index contributed by atoms with van der Waals surface area (Å²) in [5.74, 6) is -5.79.